The Hall–Kier alpha value is -1.48. The lowest BCUT2D eigenvalue weighted by atomic mass is 10.0. The molecule has 0 unspecified atom stereocenters. The molecule has 0 amide bonds. The maximum atomic E-state index is 13.7. The molecule has 17 heavy (non-hydrogen) atoms. The first-order chi connectivity index (χ1) is 7.99. The minimum absolute atomic E-state index is 0.0862. The second-order valence-corrected chi connectivity index (χ2v) is 4.02. The molecule has 2 rings (SSSR count). The fraction of sp³-hybridized carbons (Fsp3) is 0.0769. The summed E-state index contributed by atoms with van der Waals surface area (Å²) in [5.41, 5.74) is 0.283. The molecule has 0 saturated carbocycles. The van der Waals surface area contributed by atoms with Crippen molar-refractivity contribution in [1.29, 1.82) is 0 Å². The highest BCUT2D eigenvalue weighted by Gasteiger charge is 2.15. The quantitative estimate of drug-likeness (QED) is 0.702. The molecular weight excluding hydrogens is 249 g/mol. The minimum atomic E-state index is -0.732. The molecule has 4 heteroatoms. The average Bonchev–Trinajstić information content (AvgIpc) is 2.19. The van der Waals surface area contributed by atoms with Crippen LogP contribution in [0.3, 0.4) is 0 Å². The third kappa shape index (κ3) is 2.29. The van der Waals surface area contributed by atoms with Gasteiger partial charge in [-0.1, -0.05) is 11.6 Å². The molecule has 0 nitrogen and oxygen atoms in total. The molecule has 0 aromatic heterocycles. The summed E-state index contributed by atoms with van der Waals surface area (Å²) in [5, 5.41) is -0.147. The Bertz CT molecular complexity index is 556. The molecule has 2 aromatic rings. The molecule has 0 heterocycles. The van der Waals surface area contributed by atoms with Crippen molar-refractivity contribution in [3.05, 3.63) is 58.4 Å². The number of hydrogen-bond acceptors (Lipinski definition) is 0. The van der Waals surface area contributed by atoms with E-state index in [0.29, 0.717) is 5.56 Å². The van der Waals surface area contributed by atoms with Crippen molar-refractivity contribution in [3.8, 4) is 11.1 Å². The Morgan fingerprint density at radius 2 is 1.65 bits per heavy atom. The van der Waals surface area contributed by atoms with Crippen molar-refractivity contribution in [2.45, 2.75) is 6.92 Å². The van der Waals surface area contributed by atoms with Gasteiger partial charge in [0.2, 0.25) is 0 Å². The number of benzene rings is 2. The lowest BCUT2D eigenvalue weighted by Gasteiger charge is -2.08. The van der Waals surface area contributed by atoms with Crippen LogP contribution in [0.2, 0.25) is 5.02 Å². The van der Waals surface area contributed by atoms with E-state index in [4.69, 9.17) is 11.6 Å². The van der Waals surface area contributed by atoms with Gasteiger partial charge in [0.25, 0.3) is 0 Å². The van der Waals surface area contributed by atoms with Gasteiger partial charge in [-0.05, 0) is 36.8 Å². The summed E-state index contributed by atoms with van der Waals surface area (Å²) in [7, 11) is 0. The topological polar surface area (TPSA) is 0 Å². The Kier molecular flexibility index (Phi) is 3.11. The first-order valence-corrected chi connectivity index (χ1v) is 5.20. The Morgan fingerprint density at radius 3 is 2.18 bits per heavy atom. The summed E-state index contributed by atoms with van der Waals surface area (Å²) < 4.78 is 40.1. The predicted molar refractivity (Wildman–Crippen MR) is 60.3 cm³/mol. The third-order valence-electron chi connectivity index (χ3n) is 2.32. The van der Waals surface area contributed by atoms with Crippen LogP contribution in [0.25, 0.3) is 11.1 Å². The van der Waals surface area contributed by atoms with Crippen molar-refractivity contribution in [2.24, 2.45) is 0 Å². The first-order valence-electron chi connectivity index (χ1n) is 4.82. The van der Waals surface area contributed by atoms with Crippen LogP contribution in [0.4, 0.5) is 13.2 Å². The van der Waals surface area contributed by atoms with Crippen LogP contribution in [0, 0.1) is 30.4 Å². The van der Waals surface area contributed by atoms with Crippen LogP contribution < -0.4 is 0 Å². The summed E-state index contributed by atoms with van der Waals surface area (Å²) in [5.74, 6) is -2.14. The van der Waals surface area contributed by atoms with Crippen LogP contribution in [0.5, 0.6) is 0 Å². The maximum Gasteiger partial charge on any atom is 0.134 e. The second kappa shape index (κ2) is 4.41. The van der Waals surface area contributed by atoms with Gasteiger partial charge in [-0.25, -0.2) is 13.2 Å². The lowest BCUT2D eigenvalue weighted by Crippen LogP contribution is -1.93. The average molecular weight is 256 g/mol. The highest BCUT2D eigenvalue weighted by atomic mass is 35.5. The summed E-state index contributed by atoms with van der Waals surface area (Å²) in [4.78, 5) is 0. The molecule has 87 valence electrons. The zero-order valence-corrected chi connectivity index (χ0v) is 9.58. The van der Waals surface area contributed by atoms with Crippen LogP contribution in [0.1, 0.15) is 5.56 Å². The van der Waals surface area contributed by atoms with E-state index in [1.165, 1.54) is 18.2 Å². The van der Waals surface area contributed by atoms with E-state index in [9.17, 15) is 13.2 Å². The number of aryl methyl sites for hydroxylation is 1. The van der Waals surface area contributed by atoms with Crippen LogP contribution in [-0.4, -0.2) is 0 Å². The highest BCUT2D eigenvalue weighted by molar-refractivity contribution is 6.33. The molecule has 0 fully saturated rings. The van der Waals surface area contributed by atoms with Crippen molar-refractivity contribution >= 4 is 11.6 Å². The van der Waals surface area contributed by atoms with Crippen molar-refractivity contribution < 1.29 is 13.2 Å². The van der Waals surface area contributed by atoms with Crippen molar-refractivity contribution in [2.75, 3.05) is 0 Å². The second-order valence-electron chi connectivity index (χ2n) is 3.64. The van der Waals surface area contributed by atoms with Gasteiger partial charge in [-0.3, -0.25) is 0 Å². The first kappa shape index (κ1) is 12.0. The van der Waals surface area contributed by atoms with Crippen molar-refractivity contribution in [1.82, 2.24) is 0 Å². The SMILES string of the molecule is Cc1cc(F)c(-c2ccc(F)[c]c2Cl)c(F)c1. The highest BCUT2D eigenvalue weighted by Crippen LogP contribution is 2.32. The molecular formula is C13H7ClF3. The van der Waals surface area contributed by atoms with Crippen LogP contribution >= 0.6 is 11.6 Å². The van der Waals surface area contributed by atoms with Crippen LogP contribution in [0.15, 0.2) is 24.3 Å². The standard InChI is InChI=1S/C13H7ClF3/c1-7-4-11(16)13(12(17)5-7)9-3-2-8(15)6-10(9)14/h2-5H,1H3. The van der Waals surface area contributed by atoms with Gasteiger partial charge < -0.3 is 0 Å². The molecule has 0 aliphatic heterocycles. The van der Waals surface area contributed by atoms with E-state index < -0.39 is 17.5 Å². The van der Waals surface area contributed by atoms with E-state index in [-0.39, 0.29) is 16.1 Å². The number of hydrogen-bond donors (Lipinski definition) is 0. The predicted octanol–water partition coefficient (Wildman–Crippen LogP) is 4.53. The minimum Gasteiger partial charge on any atom is -0.206 e. The molecule has 0 saturated heterocycles. The van der Waals surface area contributed by atoms with Gasteiger partial charge in [0.15, 0.2) is 0 Å². The molecule has 0 spiro atoms. The van der Waals surface area contributed by atoms with Gasteiger partial charge in [0.1, 0.15) is 17.5 Å². The molecule has 0 bridgehead atoms. The van der Waals surface area contributed by atoms with Crippen molar-refractivity contribution in [3.63, 3.8) is 0 Å². The van der Waals surface area contributed by atoms with Gasteiger partial charge in [-0.2, -0.15) is 0 Å². The zero-order chi connectivity index (χ0) is 12.6. The summed E-state index contributed by atoms with van der Waals surface area (Å²) in [6.45, 7) is 1.58. The van der Waals surface area contributed by atoms with E-state index in [2.05, 4.69) is 6.07 Å². The largest absolute Gasteiger partial charge is 0.206 e. The van der Waals surface area contributed by atoms with Gasteiger partial charge in [0.05, 0.1) is 10.6 Å². The lowest BCUT2D eigenvalue weighted by molar-refractivity contribution is 0.587. The number of halogens is 4. The fourth-order valence-electron chi connectivity index (χ4n) is 1.59. The summed E-state index contributed by atoms with van der Waals surface area (Å²) in [6, 6.07) is 6.84. The molecule has 2 aromatic carbocycles. The molecule has 0 aliphatic rings. The normalized spacial score (nSPS) is 10.6. The Balaban J connectivity index is 2.68. The number of rotatable bonds is 1. The third-order valence-corrected chi connectivity index (χ3v) is 2.62. The maximum absolute atomic E-state index is 13.7. The van der Waals surface area contributed by atoms with Gasteiger partial charge in [-0.15, -0.1) is 0 Å². The Labute approximate surface area is 102 Å². The van der Waals surface area contributed by atoms with Gasteiger partial charge >= 0.3 is 0 Å². The van der Waals surface area contributed by atoms with Crippen LogP contribution in [-0.2, 0) is 0 Å². The van der Waals surface area contributed by atoms with E-state index >= 15 is 0 Å². The molecule has 1 radical (unpaired) electrons. The van der Waals surface area contributed by atoms with E-state index in [1.807, 2.05) is 0 Å². The molecule has 0 aliphatic carbocycles. The van der Waals surface area contributed by atoms with E-state index in [1.54, 1.807) is 6.92 Å². The molecule has 0 atom stereocenters. The van der Waals surface area contributed by atoms with E-state index in [0.717, 1.165) is 6.07 Å². The molecule has 0 N–H and O–H groups in total. The monoisotopic (exact) mass is 255 g/mol. The fourth-order valence-corrected chi connectivity index (χ4v) is 1.84. The summed E-state index contributed by atoms with van der Waals surface area (Å²) >= 11 is 5.72. The van der Waals surface area contributed by atoms with Gasteiger partial charge in [0, 0.05) is 11.6 Å². The zero-order valence-electron chi connectivity index (χ0n) is 8.82. The smallest absolute Gasteiger partial charge is 0.134 e. The summed E-state index contributed by atoms with van der Waals surface area (Å²) in [6.07, 6.45) is 0. The Morgan fingerprint density at radius 1 is 1.06 bits per heavy atom.